The molecule has 150 valence electrons. The van der Waals surface area contributed by atoms with Gasteiger partial charge in [0.15, 0.2) is 11.5 Å². The smallest absolute Gasteiger partial charge is 0.389 e. The fraction of sp³-hybridized carbons (Fsp3) is 0.125. The first-order chi connectivity index (χ1) is 13.6. The van der Waals surface area contributed by atoms with E-state index in [2.05, 4.69) is 20.3 Å². The molecule has 3 heterocycles. The van der Waals surface area contributed by atoms with Gasteiger partial charge in [-0.3, -0.25) is 14.8 Å². The second-order valence-corrected chi connectivity index (χ2v) is 5.60. The molecule has 0 bridgehead atoms. The predicted molar refractivity (Wildman–Crippen MR) is 87.1 cm³/mol. The zero-order valence-corrected chi connectivity index (χ0v) is 14.4. The van der Waals surface area contributed by atoms with Crippen LogP contribution in [0, 0.1) is 5.82 Å². The molecule has 0 unspecified atom stereocenters. The molecule has 1 amide bonds. The van der Waals surface area contributed by atoms with E-state index in [0.29, 0.717) is 12.3 Å². The molecule has 0 aliphatic rings. The molecule has 3 aromatic heterocycles. The highest BCUT2D eigenvalue weighted by Gasteiger charge is 2.32. The number of primary amides is 1. The number of aromatic nitrogens is 5. The summed E-state index contributed by atoms with van der Waals surface area (Å²) in [6, 6.07) is 2.33. The fourth-order valence-corrected chi connectivity index (χ4v) is 2.30. The molecule has 0 spiro atoms. The van der Waals surface area contributed by atoms with E-state index in [1.165, 1.54) is 7.05 Å². The lowest BCUT2D eigenvalue weighted by atomic mass is 10.1. The number of carbonyl (C=O) groups is 2. The first-order valence-corrected chi connectivity index (χ1v) is 7.68. The van der Waals surface area contributed by atoms with Crippen LogP contribution in [-0.4, -0.2) is 36.8 Å². The van der Waals surface area contributed by atoms with Crippen LogP contribution in [-0.2, 0) is 13.2 Å². The Kier molecular flexibility index (Phi) is 4.97. The van der Waals surface area contributed by atoms with Crippen LogP contribution in [0.3, 0.4) is 0 Å². The first-order valence-electron chi connectivity index (χ1n) is 7.68. The van der Waals surface area contributed by atoms with Gasteiger partial charge in [-0.05, 0) is 12.1 Å². The maximum Gasteiger partial charge on any atom is 0.433 e. The summed E-state index contributed by atoms with van der Waals surface area (Å²) in [5, 5.41) is 7.31. The highest BCUT2D eigenvalue weighted by molar-refractivity contribution is 6.08. The number of hydrogen-bond donors (Lipinski definition) is 1. The third-order valence-corrected chi connectivity index (χ3v) is 3.63. The van der Waals surface area contributed by atoms with E-state index in [4.69, 9.17) is 10.5 Å². The Bertz CT molecular complexity index is 1100. The first kappa shape index (κ1) is 19.9. The topological polar surface area (TPSA) is 126 Å². The standard InChI is InChI=1S/C16H10F4N6O3/c1-26-14(29-15(21)28)12(24-25-26)10-4-9(17)8(6-22-10)13(27)7-2-3-11(23-5-7)16(18,19)20/h2-6H,1H3,(H2,21,28). The lowest BCUT2D eigenvalue weighted by Gasteiger charge is -2.07. The summed E-state index contributed by atoms with van der Waals surface area (Å²) in [6.45, 7) is 0. The lowest BCUT2D eigenvalue weighted by molar-refractivity contribution is -0.141. The van der Waals surface area contributed by atoms with E-state index in [-0.39, 0.29) is 22.8 Å². The van der Waals surface area contributed by atoms with Gasteiger partial charge in [0.2, 0.25) is 0 Å². The maximum absolute atomic E-state index is 14.5. The highest BCUT2D eigenvalue weighted by Crippen LogP contribution is 2.29. The molecule has 0 fully saturated rings. The Balaban J connectivity index is 1.92. The van der Waals surface area contributed by atoms with E-state index in [0.717, 1.165) is 23.0 Å². The van der Waals surface area contributed by atoms with Crippen molar-refractivity contribution in [2.45, 2.75) is 6.18 Å². The Morgan fingerprint density at radius 1 is 1.17 bits per heavy atom. The summed E-state index contributed by atoms with van der Waals surface area (Å²) < 4.78 is 58.0. The minimum Gasteiger partial charge on any atom is -0.389 e. The van der Waals surface area contributed by atoms with Crippen LogP contribution in [0.25, 0.3) is 11.4 Å². The summed E-state index contributed by atoms with van der Waals surface area (Å²) in [5.74, 6) is -2.15. The third-order valence-electron chi connectivity index (χ3n) is 3.63. The molecule has 0 saturated heterocycles. The summed E-state index contributed by atoms with van der Waals surface area (Å²) in [6.07, 6.45) is -4.26. The van der Waals surface area contributed by atoms with Crippen molar-refractivity contribution in [1.29, 1.82) is 0 Å². The molecule has 13 heteroatoms. The van der Waals surface area contributed by atoms with Gasteiger partial charge in [-0.2, -0.15) is 13.2 Å². The largest absolute Gasteiger partial charge is 0.433 e. The summed E-state index contributed by atoms with van der Waals surface area (Å²) in [5.41, 5.74) is 2.77. The second-order valence-electron chi connectivity index (χ2n) is 5.60. The summed E-state index contributed by atoms with van der Waals surface area (Å²) in [7, 11) is 1.39. The zero-order valence-electron chi connectivity index (χ0n) is 14.4. The van der Waals surface area contributed by atoms with Gasteiger partial charge < -0.3 is 10.5 Å². The molecule has 0 aromatic carbocycles. The van der Waals surface area contributed by atoms with Crippen LogP contribution in [0.2, 0.25) is 0 Å². The quantitative estimate of drug-likeness (QED) is 0.516. The van der Waals surface area contributed by atoms with Crippen LogP contribution in [0.15, 0.2) is 30.6 Å². The fourth-order valence-electron chi connectivity index (χ4n) is 2.30. The second kappa shape index (κ2) is 7.26. The van der Waals surface area contributed by atoms with Gasteiger partial charge in [-0.15, -0.1) is 5.10 Å². The molecule has 0 aliphatic heterocycles. The van der Waals surface area contributed by atoms with Crippen molar-refractivity contribution < 1.29 is 31.9 Å². The van der Waals surface area contributed by atoms with E-state index in [9.17, 15) is 27.2 Å². The minimum atomic E-state index is -4.67. The molecule has 3 aromatic rings. The number of nitrogens with zero attached hydrogens (tertiary/aromatic N) is 5. The number of nitrogens with two attached hydrogens (primary N) is 1. The van der Waals surface area contributed by atoms with E-state index >= 15 is 0 Å². The molecule has 0 saturated carbocycles. The molecule has 0 aliphatic carbocycles. The van der Waals surface area contributed by atoms with Crippen molar-refractivity contribution in [3.63, 3.8) is 0 Å². The average Bonchev–Trinajstić information content (AvgIpc) is 3.00. The number of ether oxygens (including phenoxy) is 1. The molecule has 3 rings (SSSR count). The van der Waals surface area contributed by atoms with Gasteiger partial charge >= 0.3 is 12.3 Å². The van der Waals surface area contributed by atoms with Crippen molar-refractivity contribution in [2.75, 3.05) is 0 Å². The van der Waals surface area contributed by atoms with Crippen LogP contribution in [0.4, 0.5) is 22.4 Å². The molecule has 0 radical (unpaired) electrons. The number of rotatable bonds is 4. The van der Waals surface area contributed by atoms with Crippen LogP contribution < -0.4 is 10.5 Å². The number of hydrogen-bond acceptors (Lipinski definition) is 7. The highest BCUT2D eigenvalue weighted by atomic mass is 19.4. The van der Waals surface area contributed by atoms with Crippen molar-refractivity contribution in [1.82, 2.24) is 25.0 Å². The molecule has 29 heavy (non-hydrogen) atoms. The molecule has 0 atom stereocenters. The summed E-state index contributed by atoms with van der Waals surface area (Å²) >= 11 is 0. The minimum absolute atomic E-state index is 0.111. The third kappa shape index (κ3) is 4.02. The van der Waals surface area contributed by atoms with Gasteiger partial charge in [0, 0.05) is 31.1 Å². The number of aryl methyl sites for hydroxylation is 1. The molecular formula is C16H10F4N6O3. The van der Waals surface area contributed by atoms with Gasteiger partial charge in [-0.1, -0.05) is 5.21 Å². The number of halogens is 4. The predicted octanol–water partition coefficient (Wildman–Crippen LogP) is 2.12. The summed E-state index contributed by atoms with van der Waals surface area (Å²) in [4.78, 5) is 30.4. The average molecular weight is 410 g/mol. The number of alkyl halides is 3. The van der Waals surface area contributed by atoms with Gasteiger partial charge in [0.25, 0.3) is 5.88 Å². The van der Waals surface area contributed by atoms with Crippen molar-refractivity contribution in [3.05, 3.63) is 53.2 Å². The number of pyridine rings is 2. The molecule has 9 nitrogen and oxygen atoms in total. The van der Waals surface area contributed by atoms with E-state index in [1.54, 1.807) is 0 Å². The monoisotopic (exact) mass is 410 g/mol. The van der Waals surface area contributed by atoms with Crippen molar-refractivity contribution in [3.8, 4) is 17.3 Å². The van der Waals surface area contributed by atoms with Crippen LogP contribution in [0.5, 0.6) is 5.88 Å². The Morgan fingerprint density at radius 2 is 1.90 bits per heavy atom. The number of ketones is 1. The van der Waals surface area contributed by atoms with Crippen LogP contribution >= 0.6 is 0 Å². The van der Waals surface area contributed by atoms with Gasteiger partial charge in [0.05, 0.1) is 11.3 Å². The Morgan fingerprint density at radius 3 is 2.45 bits per heavy atom. The van der Waals surface area contributed by atoms with Crippen LogP contribution in [0.1, 0.15) is 21.6 Å². The van der Waals surface area contributed by atoms with Gasteiger partial charge in [0.1, 0.15) is 11.5 Å². The molecule has 2 N–H and O–H groups in total. The molecular weight excluding hydrogens is 400 g/mol. The zero-order chi connectivity index (χ0) is 21.3. The maximum atomic E-state index is 14.5. The van der Waals surface area contributed by atoms with Gasteiger partial charge in [-0.25, -0.2) is 13.9 Å². The number of carbonyl (C=O) groups excluding carboxylic acids is 2. The number of amides is 1. The van der Waals surface area contributed by atoms with Crippen molar-refractivity contribution >= 4 is 11.9 Å². The normalized spacial score (nSPS) is 11.3. The van der Waals surface area contributed by atoms with Crippen molar-refractivity contribution in [2.24, 2.45) is 12.8 Å². The SMILES string of the molecule is Cn1nnc(-c2cc(F)c(C(=O)c3ccc(C(F)(F)F)nc3)cn2)c1OC(N)=O. The van der Waals surface area contributed by atoms with E-state index < -0.39 is 35.1 Å². The lowest BCUT2D eigenvalue weighted by Crippen LogP contribution is -2.18. The van der Waals surface area contributed by atoms with E-state index in [1.807, 2.05) is 0 Å². The Labute approximate surface area is 159 Å². The Hall–Kier alpha value is -3.90.